The second kappa shape index (κ2) is 6.66. The third kappa shape index (κ3) is 3.19. The number of amides is 3. The highest BCUT2D eigenvalue weighted by Gasteiger charge is 2.49. The van der Waals surface area contributed by atoms with Crippen molar-refractivity contribution in [1.29, 1.82) is 0 Å². The number of carbonyl (C=O) groups excluding carboxylic acids is 2. The Bertz CT molecular complexity index is 774. The third-order valence-corrected chi connectivity index (χ3v) is 4.50. The number of rotatable bonds is 4. The molecule has 1 aromatic carbocycles. The molecular weight excluding hydrogens is 338 g/mol. The predicted octanol–water partition coefficient (Wildman–Crippen LogP) is 0.854. The Balaban J connectivity index is 1.88. The smallest absolute Gasteiger partial charge is 0.325 e. The molecule has 0 bridgehead atoms. The number of carboxylic acid groups (broad SMARTS) is 1. The number of aliphatic carboxylic acids is 1. The molecule has 2 aliphatic rings. The summed E-state index contributed by atoms with van der Waals surface area (Å²) in [7, 11) is 1.52. The number of imide groups is 1. The number of hydrogen-bond donors (Lipinski definition) is 3. The van der Waals surface area contributed by atoms with Crippen LogP contribution < -0.4 is 10.6 Å². The number of fused-ring (bicyclic) bond motifs is 1. The molecule has 2 heterocycles. The van der Waals surface area contributed by atoms with E-state index in [4.69, 9.17) is 0 Å². The van der Waals surface area contributed by atoms with Crippen molar-refractivity contribution >= 4 is 29.6 Å². The molecule has 9 heteroatoms. The van der Waals surface area contributed by atoms with Gasteiger partial charge >= 0.3 is 12.0 Å². The molecule has 0 aliphatic carbocycles. The first-order valence-corrected chi connectivity index (χ1v) is 8.29. The summed E-state index contributed by atoms with van der Waals surface area (Å²) in [6, 6.07) is 6.24. The number of likely N-dealkylation sites (N-methyl/N-ethyl adjacent to an activating group) is 1. The SMILES string of the molecule is CC(C)c1ccc(NC2=NC3C(C(=O)NC(=O)N3C)N2CC(=O)O)cc1. The van der Waals surface area contributed by atoms with Gasteiger partial charge in [0, 0.05) is 12.7 Å². The summed E-state index contributed by atoms with van der Waals surface area (Å²) < 4.78 is 0. The van der Waals surface area contributed by atoms with Crippen molar-refractivity contribution in [1.82, 2.24) is 15.1 Å². The Hall–Kier alpha value is -3.10. The van der Waals surface area contributed by atoms with Crippen molar-refractivity contribution in [2.24, 2.45) is 4.99 Å². The van der Waals surface area contributed by atoms with Crippen LogP contribution in [-0.4, -0.2) is 64.6 Å². The van der Waals surface area contributed by atoms with Gasteiger partial charge in [-0.1, -0.05) is 26.0 Å². The van der Waals surface area contributed by atoms with E-state index in [1.807, 2.05) is 24.3 Å². The lowest BCUT2D eigenvalue weighted by molar-refractivity contribution is -0.138. The molecule has 2 atom stereocenters. The Kier molecular flexibility index (Phi) is 4.54. The van der Waals surface area contributed by atoms with Gasteiger partial charge in [0.15, 0.2) is 12.2 Å². The van der Waals surface area contributed by atoms with Crippen LogP contribution in [0.2, 0.25) is 0 Å². The second-order valence-electron chi connectivity index (χ2n) is 6.64. The lowest BCUT2D eigenvalue weighted by Gasteiger charge is -2.35. The van der Waals surface area contributed by atoms with Crippen LogP contribution in [0.3, 0.4) is 0 Å². The number of nitrogens with zero attached hydrogens (tertiary/aromatic N) is 3. The van der Waals surface area contributed by atoms with Crippen LogP contribution in [0.15, 0.2) is 29.3 Å². The zero-order valence-corrected chi connectivity index (χ0v) is 14.8. The summed E-state index contributed by atoms with van der Waals surface area (Å²) in [5.74, 6) is -1.02. The summed E-state index contributed by atoms with van der Waals surface area (Å²) in [6.45, 7) is 3.77. The van der Waals surface area contributed by atoms with E-state index in [0.717, 1.165) is 5.69 Å². The highest BCUT2D eigenvalue weighted by atomic mass is 16.4. The van der Waals surface area contributed by atoms with Gasteiger partial charge in [-0.05, 0) is 23.6 Å². The molecular formula is C17H21N5O4. The Morgan fingerprint density at radius 1 is 1.31 bits per heavy atom. The van der Waals surface area contributed by atoms with Crippen molar-refractivity contribution < 1.29 is 19.5 Å². The molecule has 138 valence electrons. The molecule has 2 aliphatic heterocycles. The zero-order chi connectivity index (χ0) is 19.0. The first-order valence-electron chi connectivity index (χ1n) is 8.29. The fraction of sp³-hybridized carbons (Fsp3) is 0.412. The first kappa shape index (κ1) is 17.7. The largest absolute Gasteiger partial charge is 0.480 e. The molecule has 0 radical (unpaired) electrons. The van der Waals surface area contributed by atoms with Crippen LogP contribution in [0.1, 0.15) is 25.3 Å². The summed E-state index contributed by atoms with van der Waals surface area (Å²) in [5.41, 5.74) is 1.89. The van der Waals surface area contributed by atoms with E-state index in [-0.39, 0.29) is 5.96 Å². The summed E-state index contributed by atoms with van der Waals surface area (Å²) in [5, 5.41) is 14.5. The second-order valence-corrected chi connectivity index (χ2v) is 6.64. The monoisotopic (exact) mass is 359 g/mol. The molecule has 3 N–H and O–H groups in total. The van der Waals surface area contributed by atoms with Crippen molar-refractivity contribution in [2.75, 3.05) is 18.9 Å². The number of urea groups is 1. The van der Waals surface area contributed by atoms with Crippen LogP contribution in [0.5, 0.6) is 0 Å². The third-order valence-electron chi connectivity index (χ3n) is 4.50. The molecule has 1 aromatic rings. The molecule has 2 unspecified atom stereocenters. The van der Waals surface area contributed by atoms with Gasteiger partial charge in [-0.3, -0.25) is 14.9 Å². The van der Waals surface area contributed by atoms with Gasteiger partial charge in [0.2, 0.25) is 5.96 Å². The Labute approximate surface area is 150 Å². The summed E-state index contributed by atoms with van der Waals surface area (Å²) in [6.07, 6.45) is -0.770. The fourth-order valence-electron chi connectivity index (χ4n) is 3.03. The van der Waals surface area contributed by atoms with Crippen LogP contribution in [0, 0.1) is 0 Å². The van der Waals surface area contributed by atoms with Gasteiger partial charge in [-0.15, -0.1) is 0 Å². The molecule has 1 saturated heterocycles. The van der Waals surface area contributed by atoms with Gasteiger partial charge in [0.05, 0.1) is 0 Å². The average molecular weight is 359 g/mol. The summed E-state index contributed by atoms with van der Waals surface area (Å²) >= 11 is 0. The highest BCUT2D eigenvalue weighted by molar-refractivity contribution is 6.06. The molecule has 0 saturated carbocycles. The van der Waals surface area contributed by atoms with Crippen LogP contribution >= 0.6 is 0 Å². The number of carbonyl (C=O) groups is 3. The first-order chi connectivity index (χ1) is 12.3. The van der Waals surface area contributed by atoms with Crippen molar-refractivity contribution in [3.8, 4) is 0 Å². The standard InChI is InChI=1S/C17H21N5O4/c1-9(2)10-4-6-11(7-5-10)18-16-19-14-13(22(16)8-12(23)24)15(25)20-17(26)21(14)3/h4-7,9,13-14H,8H2,1-3H3,(H,18,19)(H,23,24)(H,20,25,26). The Morgan fingerprint density at radius 2 is 1.96 bits per heavy atom. The van der Waals surface area contributed by atoms with E-state index in [2.05, 4.69) is 29.5 Å². The number of benzene rings is 1. The number of nitrogens with one attached hydrogen (secondary N) is 2. The molecule has 3 rings (SSSR count). The zero-order valence-electron chi connectivity index (χ0n) is 14.8. The predicted molar refractivity (Wildman–Crippen MR) is 94.8 cm³/mol. The lowest BCUT2D eigenvalue weighted by atomic mass is 10.0. The quantitative estimate of drug-likeness (QED) is 0.734. The number of aliphatic imine (C=N–C) groups is 1. The van der Waals surface area contributed by atoms with E-state index in [0.29, 0.717) is 5.92 Å². The minimum atomic E-state index is -1.09. The number of anilines is 1. The van der Waals surface area contributed by atoms with Gasteiger partial charge in [0.25, 0.3) is 5.91 Å². The Morgan fingerprint density at radius 3 is 2.54 bits per heavy atom. The molecule has 9 nitrogen and oxygen atoms in total. The van der Waals surface area contributed by atoms with Gasteiger partial charge in [0.1, 0.15) is 6.54 Å². The van der Waals surface area contributed by atoms with Gasteiger partial charge in [-0.2, -0.15) is 0 Å². The molecule has 1 fully saturated rings. The maximum Gasteiger partial charge on any atom is 0.325 e. The van der Waals surface area contributed by atoms with E-state index in [1.165, 1.54) is 22.4 Å². The van der Waals surface area contributed by atoms with Crippen molar-refractivity contribution in [3.05, 3.63) is 29.8 Å². The lowest BCUT2D eigenvalue weighted by Crippen LogP contribution is -2.64. The van der Waals surface area contributed by atoms with E-state index in [9.17, 15) is 19.5 Å². The molecule has 26 heavy (non-hydrogen) atoms. The molecule has 3 amide bonds. The fourth-order valence-corrected chi connectivity index (χ4v) is 3.03. The maximum atomic E-state index is 12.2. The van der Waals surface area contributed by atoms with E-state index in [1.54, 1.807) is 0 Å². The van der Waals surface area contributed by atoms with Gasteiger partial charge < -0.3 is 20.2 Å². The number of carboxylic acids is 1. The minimum Gasteiger partial charge on any atom is -0.480 e. The maximum absolute atomic E-state index is 12.2. The minimum absolute atomic E-state index is 0.247. The van der Waals surface area contributed by atoms with E-state index >= 15 is 0 Å². The number of hydrogen-bond acceptors (Lipinski definition) is 6. The van der Waals surface area contributed by atoms with Crippen LogP contribution in [0.4, 0.5) is 10.5 Å². The normalized spacial score (nSPS) is 22.2. The van der Waals surface area contributed by atoms with Crippen molar-refractivity contribution in [2.45, 2.75) is 32.0 Å². The highest BCUT2D eigenvalue weighted by Crippen LogP contribution is 2.25. The molecule has 0 spiro atoms. The topological polar surface area (TPSA) is 114 Å². The average Bonchev–Trinajstić information content (AvgIpc) is 2.91. The van der Waals surface area contributed by atoms with Crippen LogP contribution in [0.25, 0.3) is 0 Å². The van der Waals surface area contributed by atoms with Gasteiger partial charge in [-0.25, -0.2) is 9.79 Å². The van der Waals surface area contributed by atoms with Crippen LogP contribution in [-0.2, 0) is 9.59 Å². The summed E-state index contributed by atoms with van der Waals surface area (Å²) in [4.78, 5) is 42.4. The van der Waals surface area contributed by atoms with E-state index < -0.39 is 36.7 Å². The van der Waals surface area contributed by atoms with Crippen molar-refractivity contribution in [3.63, 3.8) is 0 Å². The molecule has 0 aromatic heterocycles. The number of guanidine groups is 1.